The van der Waals surface area contributed by atoms with Crippen molar-refractivity contribution in [3.8, 4) is 28.7 Å². The lowest BCUT2D eigenvalue weighted by atomic mass is 9.66. The number of aliphatic hydroxyl groups is 2. The molecule has 1 aliphatic carbocycles. The van der Waals surface area contributed by atoms with Crippen LogP contribution < -0.4 is 23.5 Å². The summed E-state index contributed by atoms with van der Waals surface area (Å²) in [5.74, 6) is -2.25. The van der Waals surface area contributed by atoms with E-state index >= 15 is 0 Å². The quantitative estimate of drug-likeness (QED) is 0.241. The molecule has 0 saturated carbocycles. The fourth-order valence-electron chi connectivity index (χ4n) is 6.93. The van der Waals surface area contributed by atoms with Gasteiger partial charge in [0.25, 0.3) is 0 Å². The molecule has 46 heavy (non-hydrogen) atoms. The molecule has 2 aromatic rings. The maximum atomic E-state index is 13.5. The molecule has 2 aromatic carbocycles. The van der Waals surface area contributed by atoms with Crippen LogP contribution >= 0.6 is 7.82 Å². The van der Waals surface area contributed by atoms with Crippen LogP contribution in [0, 0.1) is 11.8 Å². The van der Waals surface area contributed by atoms with Crippen LogP contribution in [0.4, 0.5) is 0 Å². The van der Waals surface area contributed by atoms with Crippen LogP contribution in [0.5, 0.6) is 28.7 Å². The largest absolute Gasteiger partial charge is 0.525 e. The number of phosphoric ester groups is 1. The predicted molar refractivity (Wildman–Crippen MR) is 149 cm³/mol. The van der Waals surface area contributed by atoms with Crippen molar-refractivity contribution in [2.75, 3.05) is 34.2 Å². The molecule has 5 aliphatic rings. The van der Waals surface area contributed by atoms with Gasteiger partial charge in [-0.05, 0) is 47.9 Å². The first-order chi connectivity index (χ1) is 22.0. The average molecular weight is 669 g/mol. The highest BCUT2D eigenvalue weighted by Crippen LogP contribution is 2.57. The highest BCUT2D eigenvalue weighted by atomic mass is 31.2. The summed E-state index contributed by atoms with van der Waals surface area (Å²) in [7, 11) is -2.40. The number of ether oxygens (including phenoxy) is 9. The predicted octanol–water partition coefficient (Wildman–Crippen LogP) is 1.10. The van der Waals surface area contributed by atoms with Crippen molar-refractivity contribution in [2.45, 2.75) is 55.9 Å². The maximum Gasteiger partial charge on any atom is 0.525 e. The lowest BCUT2D eigenvalue weighted by Gasteiger charge is -2.47. The van der Waals surface area contributed by atoms with Crippen molar-refractivity contribution in [3.63, 3.8) is 0 Å². The van der Waals surface area contributed by atoms with E-state index in [1.165, 1.54) is 26.4 Å². The Morgan fingerprint density at radius 1 is 0.891 bits per heavy atom. The first-order valence-electron chi connectivity index (χ1n) is 14.5. The molecule has 0 aromatic heterocycles. The van der Waals surface area contributed by atoms with E-state index < -0.39 is 74.6 Å². The normalized spacial score (nSPS) is 34.6. The third-order valence-electron chi connectivity index (χ3n) is 8.94. The van der Waals surface area contributed by atoms with Gasteiger partial charge in [0.05, 0.1) is 39.5 Å². The van der Waals surface area contributed by atoms with Gasteiger partial charge in [-0.1, -0.05) is 0 Å². The summed E-state index contributed by atoms with van der Waals surface area (Å²) in [5, 5.41) is 22.0. The van der Waals surface area contributed by atoms with Crippen molar-refractivity contribution < 1.29 is 76.5 Å². The standard InChI is InChI=1S/C29H33O16P/c1-11-38-9-20-27(42-11)23(30)24(31)29(43-20)44-25-14-7-17-16(40-10-41-17)6-13(14)21(22-15(25)8-39-28(22)32)12-4-18(36-2)26(19(5-12)37-3)45-46(33,34)35/h4-7,11,15,20-25,27,29-31H,8-10H2,1-3H3,(H2,33,34,35)/t11?,15-,20-,21+,22+,23?,24?,25?,27+,29?/m1/s1. The molecule has 4 heterocycles. The first kappa shape index (κ1) is 31.4. The molecule has 0 bridgehead atoms. The van der Waals surface area contributed by atoms with Crippen LogP contribution in [0.2, 0.25) is 0 Å². The van der Waals surface area contributed by atoms with Crippen molar-refractivity contribution in [1.29, 1.82) is 0 Å². The number of hydrogen-bond acceptors (Lipinski definition) is 14. The van der Waals surface area contributed by atoms with Crippen LogP contribution in [0.3, 0.4) is 0 Å². The number of esters is 1. The van der Waals surface area contributed by atoms with Gasteiger partial charge in [0.1, 0.15) is 24.4 Å². The molecule has 0 radical (unpaired) electrons. The molecule has 10 atom stereocenters. The van der Waals surface area contributed by atoms with Crippen LogP contribution in [-0.4, -0.2) is 97.2 Å². The van der Waals surface area contributed by atoms with E-state index in [1.807, 2.05) is 0 Å². The molecule has 3 saturated heterocycles. The minimum absolute atomic E-state index is 0.0303. The summed E-state index contributed by atoms with van der Waals surface area (Å²) in [5.41, 5.74) is 1.65. The Morgan fingerprint density at radius 2 is 1.57 bits per heavy atom. The van der Waals surface area contributed by atoms with E-state index in [2.05, 4.69) is 0 Å². The van der Waals surface area contributed by atoms with E-state index in [-0.39, 0.29) is 37.3 Å². The topological polar surface area (TPSA) is 207 Å². The maximum absolute atomic E-state index is 13.5. The second kappa shape index (κ2) is 11.8. The lowest BCUT2D eigenvalue weighted by Crippen LogP contribution is -2.63. The van der Waals surface area contributed by atoms with Crippen LogP contribution in [0.25, 0.3) is 0 Å². The highest BCUT2D eigenvalue weighted by Gasteiger charge is 2.56. The fourth-order valence-corrected chi connectivity index (χ4v) is 7.35. The minimum atomic E-state index is -5.00. The molecule has 4 N–H and O–H groups in total. The SMILES string of the molecule is COc1cc([C@H]2c3cc4c(cc3C(OC3O[C@@H]5COC(C)O[C@@H]5C(O)C3O)[C@@H]3COC(=O)[C@H]23)OCO4)cc(OC)c1OP(=O)(O)O. The number of carbonyl (C=O) groups is 1. The first-order valence-corrected chi connectivity index (χ1v) is 16.1. The number of rotatable bonds is 7. The van der Waals surface area contributed by atoms with E-state index in [9.17, 15) is 29.4 Å². The second-order valence-corrected chi connectivity index (χ2v) is 12.7. The minimum Gasteiger partial charge on any atom is -0.493 e. The molecule has 16 nitrogen and oxygen atoms in total. The van der Waals surface area contributed by atoms with E-state index in [0.717, 1.165) is 0 Å². The van der Waals surface area contributed by atoms with Gasteiger partial charge in [0, 0.05) is 11.8 Å². The zero-order valence-electron chi connectivity index (χ0n) is 24.8. The van der Waals surface area contributed by atoms with Gasteiger partial charge in [0.2, 0.25) is 12.5 Å². The summed E-state index contributed by atoms with van der Waals surface area (Å²) in [6, 6.07) is 6.47. The third-order valence-corrected chi connectivity index (χ3v) is 9.36. The molecular formula is C29H33O16P. The molecule has 0 spiro atoms. The van der Waals surface area contributed by atoms with Gasteiger partial charge in [-0.3, -0.25) is 14.6 Å². The molecule has 0 amide bonds. The number of fused-ring (bicyclic) bond motifs is 4. The smallest absolute Gasteiger partial charge is 0.493 e. The second-order valence-electron chi connectivity index (χ2n) is 11.6. The summed E-state index contributed by atoms with van der Waals surface area (Å²) < 4.78 is 68.1. The molecule has 5 unspecified atom stereocenters. The monoisotopic (exact) mass is 668 g/mol. The Bertz CT molecular complexity index is 1530. The van der Waals surface area contributed by atoms with Gasteiger partial charge in [-0.25, -0.2) is 4.57 Å². The van der Waals surface area contributed by atoms with Crippen LogP contribution in [0.1, 0.15) is 35.6 Å². The highest BCUT2D eigenvalue weighted by molar-refractivity contribution is 7.46. The molecule has 4 aliphatic heterocycles. The van der Waals surface area contributed by atoms with Crippen molar-refractivity contribution in [2.24, 2.45) is 11.8 Å². The van der Waals surface area contributed by atoms with Crippen LogP contribution in [-0.2, 0) is 33.0 Å². The van der Waals surface area contributed by atoms with Gasteiger partial charge < -0.3 is 57.4 Å². The van der Waals surface area contributed by atoms with Gasteiger partial charge in [-0.15, -0.1) is 0 Å². The van der Waals surface area contributed by atoms with E-state index in [4.69, 9.17) is 47.2 Å². The Kier molecular flexibility index (Phi) is 8.07. The van der Waals surface area contributed by atoms with Gasteiger partial charge in [0.15, 0.2) is 35.6 Å². The average Bonchev–Trinajstić information content (AvgIpc) is 3.64. The number of methoxy groups -OCH3 is 2. The summed E-state index contributed by atoms with van der Waals surface area (Å²) in [4.78, 5) is 32.5. The molecule has 17 heteroatoms. The molecule has 250 valence electrons. The third kappa shape index (κ3) is 5.37. The van der Waals surface area contributed by atoms with Gasteiger partial charge in [-0.2, -0.15) is 0 Å². The van der Waals surface area contributed by atoms with E-state index in [1.54, 1.807) is 19.1 Å². The molecule has 7 rings (SSSR count). The lowest BCUT2D eigenvalue weighted by molar-refractivity contribution is -0.364. The summed E-state index contributed by atoms with van der Waals surface area (Å²) >= 11 is 0. The molecular weight excluding hydrogens is 635 g/mol. The number of benzene rings is 2. The van der Waals surface area contributed by atoms with Crippen LogP contribution in [0.15, 0.2) is 24.3 Å². The number of phosphoric acid groups is 1. The van der Waals surface area contributed by atoms with E-state index in [0.29, 0.717) is 28.2 Å². The Labute approximate surface area is 262 Å². The fraction of sp³-hybridized carbons (Fsp3) is 0.552. The number of carbonyl (C=O) groups excluding carboxylic acids is 1. The van der Waals surface area contributed by atoms with Crippen molar-refractivity contribution in [3.05, 3.63) is 41.0 Å². The Morgan fingerprint density at radius 3 is 2.22 bits per heavy atom. The Balaban J connectivity index is 1.32. The Hall–Kier alpha value is -3.18. The number of hydrogen-bond donors (Lipinski definition) is 4. The zero-order valence-corrected chi connectivity index (χ0v) is 25.7. The number of aliphatic hydroxyl groups excluding tert-OH is 2. The van der Waals surface area contributed by atoms with Gasteiger partial charge >= 0.3 is 13.8 Å². The summed E-state index contributed by atoms with van der Waals surface area (Å²) in [6.07, 6.45) is -7.18. The van der Waals surface area contributed by atoms with Crippen molar-refractivity contribution >= 4 is 13.8 Å². The zero-order chi connectivity index (χ0) is 32.5. The number of cyclic esters (lactones) is 1. The van der Waals surface area contributed by atoms with Crippen molar-refractivity contribution in [1.82, 2.24) is 0 Å². The molecule has 3 fully saturated rings. The summed E-state index contributed by atoms with van der Waals surface area (Å²) in [6.45, 7) is 1.72.